The van der Waals surface area contributed by atoms with Crippen molar-refractivity contribution in [2.45, 2.75) is 19.8 Å². The number of ether oxygens (including phenoxy) is 1. The second-order valence-corrected chi connectivity index (χ2v) is 3.28. The molecule has 0 spiro atoms. The largest absolute Gasteiger partial charge is 0.390 e. The molecule has 0 radical (unpaired) electrons. The van der Waals surface area contributed by atoms with Crippen molar-refractivity contribution in [1.29, 1.82) is 0 Å². The van der Waals surface area contributed by atoms with Gasteiger partial charge in [-0.25, -0.2) is 0 Å². The molecule has 0 rings (SSSR count). The molecule has 78 valence electrons. The summed E-state index contributed by atoms with van der Waals surface area (Å²) in [5.41, 5.74) is 1.19. The molecule has 0 saturated heterocycles. The molecule has 0 saturated carbocycles. The minimum absolute atomic E-state index is 0.784. The lowest BCUT2D eigenvalue weighted by atomic mass is 10.3. The smallest absolute Gasteiger partial charge is 0.0479 e. The van der Waals surface area contributed by atoms with E-state index < -0.39 is 0 Å². The Morgan fingerprint density at radius 3 is 2.77 bits per heavy atom. The average molecular weight is 204 g/mol. The number of methoxy groups -OCH3 is 1. The molecule has 13 heavy (non-hydrogen) atoms. The summed E-state index contributed by atoms with van der Waals surface area (Å²) in [5.74, 6) is 0. The maximum Gasteiger partial charge on any atom is 0.0479 e. The van der Waals surface area contributed by atoms with Crippen molar-refractivity contribution in [3.8, 4) is 0 Å². The fraction of sp³-hybridized carbons (Fsp3) is 0.778. The van der Waals surface area contributed by atoms with Gasteiger partial charge in [0.2, 0.25) is 0 Å². The number of allylic oxidation sites excluding steroid dienone is 1. The zero-order valence-electron chi connectivity index (χ0n) is 8.71. The third-order valence-corrected chi connectivity index (χ3v) is 2.06. The van der Waals surface area contributed by atoms with Gasteiger partial charge in [0.25, 0.3) is 0 Å². The second-order valence-electron chi connectivity index (χ2n) is 2.77. The summed E-state index contributed by atoms with van der Waals surface area (Å²) in [6.45, 7) is 3.80. The molecular weight excluding hydrogens is 184 g/mol. The summed E-state index contributed by atoms with van der Waals surface area (Å²) in [4.78, 5) is 0. The van der Waals surface area contributed by atoms with E-state index in [1.165, 1.54) is 5.70 Å². The molecule has 0 amide bonds. The van der Waals surface area contributed by atoms with E-state index in [1.54, 1.807) is 7.11 Å². The molecule has 0 aromatic carbocycles. The van der Waals surface area contributed by atoms with Crippen LogP contribution in [-0.2, 0) is 4.74 Å². The molecule has 0 aromatic rings. The van der Waals surface area contributed by atoms with Gasteiger partial charge >= 0.3 is 0 Å². The van der Waals surface area contributed by atoms with Gasteiger partial charge in [-0.15, -0.1) is 0 Å². The van der Waals surface area contributed by atoms with Crippen LogP contribution in [0.4, 0.5) is 0 Å². The van der Waals surface area contributed by atoms with E-state index >= 15 is 0 Å². The Kier molecular flexibility index (Phi) is 8.04. The van der Waals surface area contributed by atoms with E-state index in [9.17, 15) is 0 Å². The highest BCUT2D eigenvalue weighted by Crippen LogP contribution is 2.02. The highest BCUT2D eigenvalue weighted by molar-refractivity contribution is 7.77. The van der Waals surface area contributed by atoms with E-state index in [2.05, 4.69) is 25.1 Å². The fourth-order valence-corrected chi connectivity index (χ4v) is 1.23. The van der Waals surface area contributed by atoms with Crippen molar-refractivity contribution in [2.24, 2.45) is 0 Å². The van der Waals surface area contributed by atoms with Crippen LogP contribution in [0.25, 0.3) is 0 Å². The van der Waals surface area contributed by atoms with Gasteiger partial charge in [0.05, 0.1) is 0 Å². The van der Waals surface area contributed by atoms with Crippen molar-refractivity contribution in [1.82, 2.24) is 9.62 Å². The number of rotatable bonds is 7. The molecule has 4 heteroatoms. The molecule has 1 N–H and O–H groups in total. The summed E-state index contributed by atoms with van der Waals surface area (Å²) in [6, 6.07) is 0. The number of nitrogens with zero attached hydrogens (tertiary/aromatic N) is 1. The highest BCUT2D eigenvalue weighted by Gasteiger charge is 1.95. The van der Waals surface area contributed by atoms with Crippen LogP contribution in [0.1, 0.15) is 19.8 Å². The van der Waals surface area contributed by atoms with Gasteiger partial charge in [0.15, 0.2) is 0 Å². The molecule has 0 aromatic heterocycles. The standard InChI is InChI=1S/C9H20N2OS/c1-4-9(10-2)8-11(13)6-5-7-12-3/h8,10,13H,4-7H2,1-3H3/b9-8-. The van der Waals surface area contributed by atoms with Crippen LogP contribution in [0.5, 0.6) is 0 Å². The van der Waals surface area contributed by atoms with E-state index in [4.69, 9.17) is 4.74 Å². The summed E-state index contributed by atoms with van der Waals surface area (Å²) in [5, 5.41) is 3.11. The minimum atomic E-state index is 0.784. The van der Waals surface area contributed by atoms with Crippen LogP contribution in [0.3, 0.4) is 0 Å². The van der Waals surface area contributed by atoms with Crippen molar-refractivity contribution in [3.05, 3.63) is 11.9 Å². The Morgan fingerprint density at radius 2 is 2.31 bits per heavy atom. The highest BCUT2D eigenvalue weighted by atomic mass is 32.1. The molecule has 0 aliphatic rings. The van der Waals surface area contributed by atoms with Crippen LogP contribution >= 0.6 is 12.8 Å². The Balaban J connectivity index is 3.69. The molecule has 0 heterocycles. The summed E-state index contributed by atoms with van der Waals surface area (Å²) < 4.78 is 6.84. The molecule has 0 aliphatic carbocycles. The minimum Gasteiger partial charge on any atom is -0.390 e. The predicted octanol–water partition coefficient (Wildman–Crippen LogP) is 1.64. The van der Waals surface area contributed by atoms with Crippen LogP contribution in [0, 0.1) is 0 Å². The van der Waals surface area contributed by atoms with Crippen LogP contribution in [-0.4, -0.2) is 31.6 Å². The zero-order chi connectivity index (χ0) is 10.1. The first-order valence-corrected chi connectivity index (χ1v) is 4.97. The maximum atomic E-state index is 4.95. The first-order chi connectivity index (χ1) is 6.24. The van der Waals surface area contributed by atoms with Crippen molar-refractivity contribution in [2.75, 3.05) is 27.3 Å². The monoisotopic (exact) mass is 204 g/mol. The third-order valence-electron chi connectivity index (χ3n) is 1.74. The van der Waals surface area contributed by atoms with Gasteiger partial charge in [-0.1, -0.05) is 19.7 Å². The topological polar surface area (TPSA) is 24.5 Å². The normalized spacial score (nSPS) is 11.5. The SMILES string of the molecule is CC/C(=C/N(S)CCCOC)NC. The summed E-state index contributed by atoms with van der Waals surface area (Å²) in [6.07, 6.45) is 4.01. The van der Waals surface area contributed by atoms with E-state index in [0.29, 0.717) is 0 Å². The lowest BCUT2D eigenvalue weighted by Crippen LogP contribution is -2.13. The number of nitrogens with one attached hydrogen (secondary N) is 1. The quantitative estimate of drug-likeness (QED) is 0.487. The molecule has 0 fully saturated rings. The van der Waals surface area contributed by atoms with E-state index in [-0.39, 0.29) is 0 Å². The van der Waals surface area contributed by atoms with Gasteiger partial charge < -0.3 is 14.4 Å². The Hall–Kier alpha value is -0.350. The lowest BCUT2D eigenvalue weighted by Gasteiger charge is -2.14. The van der Waals surface area contributed by atoms with E-state index in [1.807, 2.05) is 17.6 Å². The fourth-order valence-electron chi connectivity index (χ4n) is 0.948. The van der Waals surface area contributed by atoms with Crippen molar-refractivity contribution >= 4 is 12.8 Å². The van der Waals surface area contributed by atoms with Gasteiger partial charge in [-0.05, 0) is 12.8 Å². The van der Waals surface area contributed by atoms with Gasteiger partial charge in [-0.2, -0.15) is 0 Å². The Labute approximate surface area is 86.7 Å². The van der Waals surface area contributed by atoms with Crippen LogP contribution in [0.2, 0.25) is 0 Å². The molecular formula is C9H20N2OS. The Bertz CT molecular complexity index is 145. The van der Waals surface area contributed by atoms with Crippen LogP contribution in [0.15, 0.2) is 11.9 Å². The van der Waals surface area contributed by atoms with Gasteiger partial charge in [0.1, 0.15) is 0 Å². The number of thiol groups is 1. The maximum absolute atomic E-state index is 4.95. The summed E-state index contributed by atoms with van der Waals surface area (Å²) in [7, 11) is 3.63. The average Bonchev–Trinajstić information content (AvgIpc) is 2.14. The molecule has 0 bridgehead atoms. The first-order valence-electron chi connectivity index (χ1n) is 4.57. The molecule has 0 aliphatic heterocycles. The number of hydrogen-bond donors (Lipinski definition) is 2. The zero-order valence-corrected chi connectivity index (χ0v) is 9.60. The van der Waals surface area contributed by atoms with E-state index in [0.717, 1.165) is 26.0 Å². The van der Waals surface area contributed by atoms with Gasteiger partial charge in [-0.3, -0.25) is 0 Å². The molecule has 0 atom stereocenters. The van der Waals surface area contributed by atoms with Crippen molar-refractivity contribution in [3.63, 3.8) is 0 Å². The summed E-state index contributed by atoms with van der Waals surface area (Å²) >= 11 is 4.31. The predicted molar refractivity (Wildman–Crippen MR) is 59.6 cm³/mol. The van der Waals surface area contributed by atoms with Gasteiger partial charge in [0, 0.05) is 39.2 Å². The lowest BCUT2D eigenvalue weighted by molar-refractivity contribution is 0.191. The third kappa shape index (κ3) is 6.78. The van der Waals surface area contributed by atoms with Crippen LogP contribution < -0.4 is 5.32 Å². The first kappa shape index (κ1) is 12.7. The second kappa shape index (κ2) is 8.26. The van der Waals surface area contributed by atoms with Crippen molar-refractivity contribution < 1.29 is 4.74 Å². The number of hydrogen-bond acceptors (Lipinski definition) is 4. The molecule has 3 nitrogen and oxygen atoms in total. The Morgan fingerprint density at radius 1 is 1.62 bits per heavy atom. The molecule has 0 unspecified atom stereocenters.